The molecule has 6 heteroatoms. The zero-order valence-corrected chi connectivity index (χ0v) is 15.3. The third-order valence-electron chi connectivity index (χ3n) is 3.25. The summed E-state index contributed by atoms with van der Waals surface area (Å²) < 4.78 is 5.78. The van der Waals surface area contributed by atoms with Crippen LogP contribution >= 0.6 is 35.3 Å². The van der Waals surface area contributed by atoms with Crippen molar-refractivity contribution in [1.82, 2.24) is 10.6 Å². The Kier molecular flexibility index (Phi) is 7.83. The van der Waals surface area contributed by atoms with Crippen LogP contribution in [0.25, 0.3) is 0 Å². The van der Waals surface area contributed by atoms with E-state index in [1.807, 2.05) is 0 Å². The minimum Gasteiger partial charge on any atom is -0.373 e. The lowest BCUT2D eigenvalue weighted by Crippen LogP contribution is -2.45. The summed E-state index contributed by atoms with van der Waals surface area (Å²) in [4.78, 5) is 5.88. The molecule has 1 saturated heterocycles. The van der Waals surface area contributed by atoms with Crippen molar-refractivity contribution >= 4 is 41.3 Å². The minimum absolute atomic E-state index is 0. The van der Waals surface area contributed by atoms with Crippen LogP contribution in [-0.2, 0) is 11.3 Å². The molecule has 1 aliphatic rings. The standard InChI is InChI=1S/C14H23N3OS.HI/c1-3-15-13(16-10-12-6-4-9-19-12)17-11-14(2)7-5-8-18-14;/h4,6,9H,3,5,7-8,10-11H2,1-2H3,(H2,15,16,17);1H. The van der Waals surface area contributed by atoms with Crippen LogP contribution in [0.2, 0.25) is 0 Å². The van der Waals surface area contributed by atoms with Crippen LogP contribution in [0.5, 0.6) is 0 Å². The third kappa shape index (κ3) is 5.57. The lowest BCUT2D eigenvalue weighted by atomic mass is 10.0. The van der Waals surface area contributed by atoms with Crippen LogP contribution in [0.15, 0.2) is 22.5 Å². The maximum Gasteiger partial charge on any atom is 0.191 e. The predicted molar refractivity (Wildman–Crippen MR) is 96.1 cm³/mol. The Morgan fingerprint density at radius 1 is 1.50 bits per heavy atom. The van der Waals surface area contributed by atoms with E-state index in [0.29, 0.717) is 0 Å². The summed E-state index contributed by atoms with van der Waals surface area (Å²) in [6, 6.07) is 4.17. The third-order valence-corrected chi connectivity index (χ3v) is 4.11. The fourth-order valence-corrected chi connectivity index (χ4v) is 2.78. The number of nitrogens with one attached hydrogen (secondary N) is 2. The largest absolute Gasteiger partial charge is 0.373 e. The molecule has 1 aromatic rings. The van der Waals surface area contributed by atoms with Crippen molar-refractivity contribution in [3.8, 4) is 0 Å². The van der Waals surface area contributed by atoms with E-state index in [1.165, 1.54) is 4.88 Å². The Bertz CT molecular complexity index is 403. The highest BCUT2D eigenvalue weighted by Crippen LogP contribution is 2.23. The number of thiophene rings is 1. The molecule has 20 heavy (non-hydrogen) atoms. The smallest absolute Gasteiger partial charge is 0.191 e. The second-order valence-corrected chi connectivity index (χ2v) is 6.06. The maximum absolute atomic E-state index is 5.78. The summed E-state index contributed by atoms with van der Waals surface area (Å²) in [6.45, 7) is 7.52. The molecule has 0 spiro atoms. The Morgan fingerprint density at radius 3 is 2.95 bits per heavy atom. The topological polar surface area (TPSA) is 45.7 Å². The molecule has 4 nitrogen and oxygen atoms in total. The van der Waals surface area contributed by atoms with Gasteiger partial charge in [0.05, 0.1) is 12.1 Å². The zero-order chi connectivity index (χ0) is 13.6. The van der Waals surface area contributed by atoms with Crippen LogP contribution in [-0.4, -0.2) is 31.3 Å². The lowest BCUT2D eigenvalue weighted by Gasteiger charge is -2.24. The summed E-state index contributed by atoms with van der Waals surface area (Å²) in [5, 5.41) is 8.74. The van der Waals surface area contributed by atoms with E-state index in [1.54, 1.807) is 11.3 Å². The first-order valence-electron chi connectivity index (χ1n) is 6.90. The molecule has 1 aromatic heterocycles. The second-order valence-electron chi connectivity index (χ2n) is 5.03. The Hall–Kier alpha value is -0.340. The van der Waals surface area contributed by atoms with Gasteiger partial charge < -0.3 is 15.4 Å². The van der Waals surface area contributed by atoms with E-state index in [2.05, 4.69) is 47.0 Å². The first-order valence-corrected chi connectivity index (χ1v) is 7.78. The van der Waals surface area contributed by atoms with E-state index in [0.717, 1.165) is 45.0 Å². The highest BCUT2D eigenvalue weighted by molar-refractivity contribution is 14.0. The van der Waals surface area contributed by atoms with Crippen molar-refractivity contribution in [1.29, 1.82) is 0 Å². The number of rotatable bonds is 5. The van der Waals surface area contributed by atoms with E-state index < -0.39 is 0 Å². The summed E-state index contributed by atoms with van der Waals surface area (Å²) >= 11 is 1.74. The maximum atomic E-state index is 5.78. The van der Waals surface area contributed by atoms with Gasteiger partial charge in [-0.3, -0.25) is 0 Å². The average molecular weight is 409 g/mol. The number of ether oxygens (including phenoxy) is 1. The summed E-state index contributed by atoms with van der Waals surface area (Å²) in [5.74, 6) is 0.868. The normalized spacial score (nSPS) is 22.4. The van der Waals surface area contributed by atoms with Gasteiger partial charge >= 0.3 is 0 Å². The molecular weight excluding hydrogens is 385 g/mol. The Labute approximate surface area is 142 Å². The summed E-state index contributed by atoms with van der Waals surface area (Å²) in [7, 11) is 0. The zero-order valence-electron chi connectivity index (χ0n) is 12.1. The van der Waals surface area contributed by atoms with Crippen molar-refractivity contribution in [3.05, 3.63) is 22.4 Å². The van der Waals surface area contributed by atoms with Gasteiger partial charge in [0.15, 0.2) is 5.96 Å². The fraction of sp³-hybridized carbons (Fsp3) is 0.643. The first-order chi connectivity index (χ1) is 9.22. The van der Waals surface area contributed by atoms with Crippen LogP contribution in [0.3, 0.4) is 0 Å². The van der Waals surface area contributed by atoms with Crippen LogP contribution in [0.4, 0.5) is 0 Å². The fourth-order valence-electron chi connectivity index (χ4n) is 2.15. The van der Waals surface area contributed by atoms with Crippen molar-refractivity contribution < 1.29 is 4.74 Å². The summed E-state index contributed by atoms with van der Waals surface area (Å²) in [6.07, 6.45) is 2.27. The lowest BCUT2D eigenvalue weighted by molar-refractivity contribution is 0.0243. The second kappa shape index (κ2) is 8.84. The van der Waals surface area contributed by atoms with E-state index >= 15 is 0 Å². The molecule has 0 aromatic carbocycles. The van der Waals surface area contributed by atoms with E-state index in [9.17, 15) is 0 Å². The van der Waals surface area contributed by atoms with Gasteiger partial charge in [0, 0.05) is 24.6 Å². The quantitative estimate of drug-likeness (QED) is 0.447. The van der Waals surface area contributed by atoms with Gasteiger partial charge in [-0.1, -0.05) is 6.07 Å². The van der Waals surface area contributed by atoms with Crippen molar-refractivity contribution in [2.45, 2.75) is 38.8 Å². The number of halogens is 1. The molecule has 1 aliphatic heterocycles. The first kappa shape index (κ1) is 17.7. The number of guanidine groups is 1. The van der Waals surface area contributed by atoms with Crippen molar-refractivity contribution in [3.63, 3.8) is 0 Å². The molecule has 2 rings (SSSR count). The van der Waals surface area contributed by atoms with Gasteiger partial charge in [-0.25, -0.2) is 4.99 Å². The van der Waals surface area contributed by atoms with Gasteiger partial charge in [-0.05, 0) is 38.1 Å². The number of hydrogen-bond acceptors (Lipinski definition) is 3. The molecule has 0 bridgehead atoms. The highest BCUT2D eigenvalue weighted by Gasteiger charge is 2.29. The molecule has 1 unspecified atom stereocenters. The Morgan fingerprint density at radius 2 is 2.35 bits per heavy atom. The van der Waals surface area contributed by atoms with E-state index in [-0.39, 0.29) is 29.6 Å². The van der Waals surface area contributed by atoms with Gasteiger partial charge in [-0.2, -0.15) is 0 Å². The van der Waals surface area contributed by atoms with E-state index in [4.69, 9.17) is 4.74 Å². The molecule has 2 N–H and O–H groups in total. The molecule has 0 radical (unpaired) electrons. The monoisotopic (exact) mass is 409 g/mol. The molecule has 0 aliphatic carbocycles. The molecule has 0 amide bonds. The molecule has 1 atom stereocenters. The van der Waals surface area contributed by atoms with Gasteiger partial charge in [0.1, 0.15) is 0 Å². The predicted octanol–water partition coefficient (Wildman–Crippen LogP) is 2.99. The van der Waals surface area contributed by atoms with Crippen molar-refractivity contribution in [2.24, 2.45) is 4.99 Å². The van der Waals surface area contributed by atoms with Gasteiger partial charge in [0.2, 0.25) is 0 Å². The number of aliphatic imine (C=N–C) groups is 1. The van der Waals surface area contributed by atoms with Gasteiger partial charge in [-0.15, -0.1) is 35.3 Å². The SMILES string of the molecule is CCNC(=NCc1cccs1)NCC1(C)CCCO1.I. The molecule has 2 heterocycles. The number of hydrogen-bond donors (Lipinski definition) is 2. The van der Waals surface area contributed by atoms with Crippen LogP contribution in [0, 0.1) is 0 Å². The van der Waals surface area contributed by atoms with Crippen LogP contribution < -0.4 is 10.6 Å². The Balaban J connectivity index is 0.00000200. The molecule has 0 saturated carbocycles. The minimum atomic E-state index is -0.0425. The molecule has 1 fully saturated rings. The molecule has 114 valence electrons. The average Bonchev–Trinajstić information content (AvgIpc) is 3.05. The summed E-state index contributed by atoms with van der Waals surface area (Å²) in [5.41, 5.74) is -0.0425. The highest BCUT2D eigenvalue weighted by atomic mass is 127. The van der Waals surface area contributed by atoms with Gasteiger partial charge in [0.25, 0.3) is 0 Å². The molecular formula is C14H24IN3OS. The van der Waals surface area contributed by atoms with Crippen LogP contribution in [0.1, 0.15) is 31.6 Å². The number of nitrogens with zero attached hydrogens (tertiary/aromatic N) is 1. The van der Waals surface area contributed by atoms with Crippen molar-refractivity contribution in [2.75, 3.05) is 19.7 Å².